The first kappa shape index (κ1) is 14.3. The molecule has 1 heterocycles. The van der Waals surface area contributed by atoms with E-state index in [1.165, 1.54) is 0 Å². The van der Waals surface area contributed by atoms with Crippen molar-refractivity contribution in [3.63, 3.8) is 0 Å². The second-order valence-electron chi connectivity index (χ2n) is 4.80. The smallest absolute Gasteiger partial charge is 0.0705 e. The van der Waals surface area contributed by atoms with Crippen LogP contribution in [0.5, 0.6) is 0 Å². The van der Waals surface area contributed by atoms with E-state index in [0.717, 1.165) is 22.0 Å². The zero-order chi connectivity index (χ0) is 14.8. The van der Waals surface area contributed by atoms with Gasteiger partial charge >= 0.3 is 0 Å². The number of para-hydroxylation sites is 1. The summed E-state index contributed by atoms with van der Waals surface area (Å²) in [5, 5.41) is 5.80. The van der Waals surface area contributed by atoms with Crippen LogP contribution in [0.15, 0.2) is 54.7 Å². The number of hydrogen-bond donors (Lipinski definition) is 1. The van der Waals surface area contributed by atoms with Crippen LogP contribution in [0.3, 0.4) is 0 Å². The van der Waals surface area contributed by atoms with Crippen molar-refractivity contribution < 1.29 is 0 Å². The molecule has 0 aliphatic carbocycles. The molecule has 3 rings (SSSR count). The SMILES string of the molecule is CNC(c1cc(Cl)ccc1Cl)c1ccnc2ccccc12. The summed E-state index contributed by atoms with van der Waals surface area (Å²) < 4.78 is 0. The van der Waals surface area contributed by atoms with Crippen molar-refractivity contribution in [2.45, 2.75) is 6.04 Å². The largest absolute Gasteiger partial charge is 0.309 e. The summed E-state index contributed by atoms with van der Waals surface area (Å²) in [7, 11) is 1.91. The molecule has 0 spiro atoms. The van der Waals surface area contributed by atoms with Crippen molar-refractivity contribution in [2.75, 3.05) is 7.05 Å². The maximum absolute atomic E-state index is 6.36. The zero-order valence-electron chi connectivity index (χ0n) is 11.5. The third-order valence-corrected chi connectivity index (χ3v) is 4.13. The van der Waals surface area contributed by atoms with E-state index < -0.39 is 0 Å². The lowest BCUT2D eigenvalue weighted by Gasteiger charge is -2.20. The van der Waals surface area contributed by atoms with E-state index in [-0.39, 0.29) is 6.04 Å². The molecule has 1 atom stereocenters. The van der Waals surface area contributed by atoms with E-state index in [1.54, 1.807) is 6.07 Å². The molecule has 1 unspecified atom stereocenters. The Balaban J connectivity index is 2.21. The van der Waals surface area contributed by atoms with Crippen LogP contribution >= 0.6 is 23.2 Å². The van der Waals surface area contributed by atoms with Gasteiger partial charge in [0.2, 0.25) is 0 Å². The third-order valence-electron chi connectivity index (χ3n) is 3.55. The number of aromatic nitrogens is 1. The van der Waals surface area contributed by atoms with Crippen molar-refractivity contribution in [2.24, 2.45) is 0 Å². The topological polar surface area (TPSA) is 24.9 Å². The van der Waals surface area contributed by atoms with Crippen LogP contribution in [0.1, 0.15) is 17.2 Å². The molecular formula is C17H14Cl2N2. The Morgan fingerprint density at radius 3 is 2.62 bits per heavy atom. The molecule has 0 saturated heterocycles. The number of hydrogen-bond acceptors (Lipinski definition) is 2. The molecule has 0 fully saturated rings. The molecule has 2 aromatic carbocycles. The predicted octanol–water partition coefficient (Wildman–Crippen LogP) is 4.85. The Morgan fingerprint density at radius 2 is 1.81 bits per heavy atom. The van der Waals surface area contributed by atoms with Crippen molar-refractivity contribution in [1.29, 1.82) is 0 Å². The van der Waals surface area contributed by atoms with Crippen LogP contribution in [0, 0.1) is 0 Å². The van der Waals surface area contributed by atoms with Crippen LogP contribution in [0.25, 0.3) is 10.9 Å². The molecular weight excluding hydrogens is 303 g/mol. The Labute approximate surface area is 133 Å². The van der Waals surface area contributed by atoms with Gasteiger partial charge < -0.3 is 5.32 Å². The molecule has 106 valence electrons. The van der Waals surface area contributed by atoms with E-state index in [2.05, 4.69) is 16.4 Å². The second kappa shape index (κ2) is 6.02. The fourth-order valence-electron chi connectivity index (χ4n) is 2.58. The Hall–Kier alpha value is -1.61. The van der Waals surface area contributed by atoms with Crippen LogP contribution in [0.2, 0.25) is 10.0 Å². The third kappa shape index (κ3) is 2.75. The summed E-state index contributed by atoms with van der Waals surface area (Å²) in [6.45, 7) is 0. The van der Waals surface area contributed by atoms with Crippen molar-refractivity contribution in [3.05, 3.63) is 75.9 Å². The lowest BCUT2D eigenvalue weighted by Crippen LogP contribution is -2.18. The summed E-state index contributed by atoms with van der Waals surface area (Å²) in [6, 6.07) is 15.6. The van der Waals surface area contributed by atoms with Gasteiger partial charge in [0, 0.05) is 21.6 Å². The monoisotopic (exact) mass is 316 g/mol. The molecule has 0 aliphatic rings. The van der Waals surface area contributed by atoms with Gasteiger partial charge in [0.05, 0.1) is 11.6 Å². The van der Waals surface area contributed by atoms with E-state index in [4.69, 9.17) is 23.2 Å². The first-order chi connectivity index (χ1) is 10.2. The van der Waals surface area contributed by atoms with Gasteiger partial charge in [-0.2, -0.15) is 0 Å². The van der Waals surface area contributed by atoms with E-state index in [0.29, 0.717) is 10.0 Å². The summed E-state index contributed by atoms with van der Waals surface area (Å²) in [5.74, 6) is 0. The highest BCUT2D eigenvalue weighted by atomic mass is 35.5. The minimum Gasteiger partial charge on any atom is -0.309 e. The van der Waals surface area contributed by atoms with Crippen molar-refractivity contribution >= 4 is 34.1 Å². The number of pyridine rings is 1. The Bertz CT molecular complexity index is 781. The molecule has 0 radical (unpaired) electrons. The molecule has 3 aromatic rings. The molecule has 0 bridgehead atoms. The zero-order valence-corrected chi connectivity index (χ0v) is 13.0. The highest BCUT2D eigenvalue weighted by Crippen LogP contribution is 2.33. The number of nitrogens with one attached hydrogen (secondary N) is 1. The van der Waals surface area contributed by atoms with Gasteiger partial charge in [0.1, 0.15) is 0 Å². The van der Waals surface area contributed by atoms with Crippen LogP contribution in [-0.2, 0) is 0 Å². The lowest BCUT2D eigenvalue weighted by atomic mass is 9.96. The number of benzene rings is 2. The number of halogens is 2. The molecule has 2 nitrogen and oxygen atoms in total. The van der Waals surface area contributed by atoms with Gasteiger partial charge in [-0.25, -0.2) is 0 Å². The van der Waals surface area contributed by atoms with E-state index in [1.807, 2.05) is 49.6 Å². The quantitative estimate of drug-likeness (QED) is 0.747. The maximum atomic E-state index is 6.36. The average Bonchev–Trinajstić information content (AvgIpc) is 2.51. The Morgan fingerprint density at radius 1 is 1.00 bits per heavy atom. The van der Waals surface area contributed by atoms with Crippen molar-refractivity contribution in [3.8, 4) is 0 Å². The number of rotatable bonds is 3. The first-order valence-corrected chi connectivity index (χ1v) is 7.42. The minimum atomic E-state index is -0.0379. The normalized spacial score (nSPS) is 12.5. The first-order valence-electron chi connectivity index (χ1n) is 6.66. The van der Waals surface area contributed by atoms with Gasteiger partial charge in [-0.1, -0.05) is 41.4 Å². The predicted molar refractivity (Wildman–Crippen MR) is 89.1 cm³/mol. The van der Waals surface area contributed by atoms with Crippen LogP contribution in [-0.4, -0.2) is 12.0 Å². The molecule has 0 amide bonds. The van der Waals surface area contributed by atoms with Gasteiger partial charge in [-0.3, -0.25) is 4.98 Å². The molecule has 21 heavy (non-hydrogen) atoms. The van der Waals surface area contributed by atoms with E-state index >= 15 is 0 Å². The highest BCUT2D eigenvalue weighted by molar-refractivity contribution is 6.33. The number of fused-ring (bicyclic) bond motifs is 1. The molecule has 0 saturated carbocycles. The molecule has 0 aliphatic heterocycles. The fourth-order valence-corrected chi connectivity index (χ4v) is 2.99. The molecule has 4 heteroatoms. The van der Waals surface area contributed by atoms with Crippen molar-refractivity contribution in [1.82, 2.24) is 10.3 Å². The lowest BCUT2D eigenvalue weighted by molar-refractivity contribution is 0.696. The summed E-state index contributed by atoms with van der Waals surface area (Å²) in [6.07, 6.45) is 1.82. The maximum Gasteiger partial charge on any atom is 0.0705 e. The summed E-state index contributed by atoms with van der Waals surface area (Å²) >= 11 is 12.5. The summed E-state index contributed by atoms with van der Waals surface area (Å²) in [5.41, 5.74) is 3.06. The van der Waals surface area contributed by atoms with Gasteiger partial charge in [-0.05, 0) is 48.5 Å². The minimum absolute atomic E-state index is 0.0379. The molecule has 1 aromatic heterocycles. The number of nitrogens with zero attached hydrogens (tertiary/aromatic N) is 1. The van der Waals surface area contributed by atoms with Gasteiger partial charge in [0.15, 0.2) is 0 Å². The highest BCUT2D eigenvalue weighted by Gasteiger charge is 2.18. The fraction of sp³-hybridized carbons (Fsp3) is 0.118. The molecule has 1 N–H and O–H groups in total. The second-order valence-corrected chi connectivity index (χ2v) is 5.65. The average molecular weight is 317 g/mol. The van der Waals surface area contributed by atoms with E-state index in [9.17, 15) is 0 Å². The van der Waals surface area contributed by atoms with Gasteiger partial charge in [-0.15, -0.1) is 0 Å². The standard InChI is InChI=1S/C17H14Cl2N2/c1-20-17(14-10-11(18)6-7-15(14)19)13-8-9-21-16-5-3-2-4-12(13)16/h2-10,17,20H,1H3. The van der Waals surface area contributed by atoms with Crippen LogP contribution < -0.4 is 5.32 Å². The Kier molecular flexibility index (Phi) is 4.11. The van der Waals surface area contributed by atoms with Gasteiger partial charge in [0.25, 0.3) is 0 Å². The summed E-state index contributed by atoms with van der Waals surface area (Å²) in [4.78, 5) is 4.41. The van der Waals surface area contributed by atoms with Crippen LogP contribution in [0.4, 0.5) is 0 Å².